The first kappa shape index (κ1) is 16.0. The van der Waals surface area contributed by atoms with Gasteiger partial charge in [0.25, 0.3) is 0 Å². The molecule has 1 aromatic rings. The second-order valence-electron chi connectivity index (χ2n) is 3.72. The van der Waals surface area contributed by atoms with Crippen molar-refractivity contribution in [1.82, 2.24) is 9.97 Å². The van der Waals surface area contributed by atoms with E-state index in [1.807, 2.05) is 5.43 Å². The van der Waals surface area contributed by atoms with Crippen LogP contribution in [0.3, 0.4) is 0 Å². The van der Waals surface area contributed by atoms with Crippen LogP contribution in [0.4, 0.5) is 24.9 Å². The summed E-state index contributed by atoms with van der Waals surface area (Å²) in [6, 6.07) is -0.187. The van der Waals surface area contributed by atoms with Crippen molar-refractivity contribution < 1.29 is 22.7 Å². The fourth-order valence-corrected chi connectivity index (χ4v) is 1.28. The van der Waals surface area contributed by atoms with Crippen LogP contribution in [-0.4, -0.2) is 28.6 Å². The van der Waals surface area contributed by atoms with E-state index in [9.17, 15) is 18.0 Å². The maximum absolute atomic E-state index is 12.6. The summed E-state index contributed by atoms with van der Waals surface area (Å²) in [6.07, 6.45) is -4.65. The molecular weight excluding hydrogens is 279 g/mol. The van der Waals surface area contributed by atoms with Gasteiger partial charge in [-0.2, -0.15) is 18.2 Å². The molecule has 20 heavy (non-hydrogen) atoms. The third-order valence-electron chi connectivity index (χ3n) is 2.15. The summed E-state index contributed by atoms with van der Waals surface area (Å²) in [4.78, 5) is 18.3. The van der Waals surface area contributed by atoms with Crippen LogP contribution < -0.4 is 16.6 Å². The van der Waals surface area contributed by atoms with E-state index in [1.165, 1.54) is 6.92 Å². The van der Waals surface area contributed by atoms with Crippen LogP contribution in [0.15, 0.2) is 6.07 Å². The van der Waals surface area contributed by atoms with Crippen molar-refractivity contribution in [2.24, 2.45) is 5.84 Å². The fraction of sp³-hybridized carbons (Fsp3) is 0.500. The van der Waals surface area contributed by atoms with Gasteiger partial charge in [-0.3, -0.25) is 5.43 Å². The number of ether oxygens (including phenoxy) is 1. The van der Waals surface area contributed by atoms with Gasteiger partial charge in [0.2, 0.25) is 5.95 Å². The zero-order chi connectivity index (χ0) is 15.3. The summed E-state index contributed by atoms with van der Waals surface area (Å²) in [5.74, 6) is 3.79. The minimum atomic E-state index is -4.65. The monoisotopic (exact) mass is 293 g/mol. The number of anilines is 2. The normalized spacial score (nSPS) is 12.7. The van der Waals surface area contributed by atoms with Crippen molar-refractivity contribution in [3.63, 3.8) is 0 Å². The predicted molar refractivity (Wildman–Crippen MR) is 64.6 cm³/mol. The van der Waals surface area contributed by atoms with Crippen molar-refractivity contribution in [2.75, 3.05) is 17.3 Å². The van der Waals surface area contributed by atoms with Gasteiger partial charge in [-0.1, -0.05) is 0 Å². The van der Waals surface area contributed by atoms with Crippen molar-refractivity contribution in [1.29, 1.82) is 0 Å². The molecule has 1 aromatic heterocycles. The molecule has 0 saturated carbocycles. The van der Waals surface area contributed by atoms with Gasteiger partial charge < -0.3 is 10.1 Å². The smallest absolute Gasteiger partial charge is 0.433 e. The summed E-state index contributed by atoms with van der Waals surface area (Å²) in [7, 11) is 0. The van der Waals surface area contributed by atoms with Crippen molar-refractivity contribution >= 4 is 17.7 Å². The molecule has 7 nitrogen and oxygen atoms in total. The summed E-state index contributed by atoms with van der Waals surface area (Å²) in [5, 5.41) is 2.49. The molecule has 0 aliphatic rings. The Balaban J connectivity index is 2.97. The Morgan fingerprint density at radius 1 is 1.50 bits per heavy atom. The molecule has 4 N–H and O–H groups in total. The Morgan fingerprint density at radius 2 is 2.15 bits per heavy atom. The van der Waals surface area contributed by atoms with Gasteiger partial charge in [0.05, 0.1) is 6.61 Å². The van der Waals surface area contributed by atoms with Crippen molar-refractivity contribution in [3.05, 3.63) is 11.8 Å². The number of halogens is 3. The number of esters is 1. The Morgan fingerprint density at radius 3 is 2.65 bits per heavy atom. The molecule has 0 radical (unpaired) electrons. The van der Waals surface area contributed by atoms with Crippen molar-refractivity contribution in [3.8, 4) is 0 Å². The van der Waals surface area contributed by atoms with E-state index in [-0.39, 0.29) is 12.4 Å². The molecule has 0 fully saturated rings. The highest BCUT2D eigenvalue weighted by Gasteiger charge is 2.34. The lowest BCUT2D eigenvalue weighted by Crippen LogP contribution is -2.29. The van der Waals surface area contributed by atoms with E-state index in [2.05, 4.69) is 15.3 Å². The van der Waals surface area contributed by atoms with Gasteiger partial charge in [0.1, 0.15) is 11.9 Å². The molecule has 112 valence electrons. The molecular formula is C10H14F3N5O2. The highest BCUT2D eigenvalue weighted by atomic mass is 19.4. The number of alkyl halides is 3. The van der Waals surface area contributed by atoms with Crippen LogP contribution in [0, 0.1) is 0 Å². The molecule has 1 atom stereocenters. The van der Waals surface area contributed by atoms with Crippen LogP contribution in [-0.2, 0) is 15.7 Å². The first-order valence-electron chi connectivity index (χ1n) is 5.64. The number of nitrogens with two attached hydrogens (primary N) is 1. The Hall–Kier alpha value is -2.10. The number of hydrazine groups is 1. The SMILES string of the molecule is CCOC(=O)C(C)Nc1cc(C(F)(F)F)nc(NN)n1. The van der Waals surface area contributed by atoms with Crippen LogP contribution in [0.1, 0.15) is 19.5 Å². The second kappa shape index (κ2) is 6.37. The lowest BCUT2D eigenvalue weighted by molar-refractivity contribution is -0.143. The zero-order valence-electron chi connectivity index (χ0n) is 10.8. The number of hydrogen-bond acceptors (Lipinski definition) is 7. The van der Waals surface area contributed by atoms with E-state index >= 15 is 0 Å². The maximum atomic E-state index is 12.6. The van der Waals surface area contributed by atoms with Crippen LogP contribution in [0.5, 0.6) is 0 Å². The molecule has 0 aromatic carbocycles. The van der Waals surface area contributed by atoms with Gasteiger partial charge in [-0.05, 0) is 13.8 Å². The number of carbonyl (C=O) groups is 1. The number of nitrogen functional groups attached to an aromatic ring is 1. The van der Waals surface area contributed by atoms with Gasteiger partial charge >= 0.3 is 12.1 Å². The molecule has 0 bridgehead atoms. The van der Waals surface area contributed by atoms with E-state index in [1.54, 1.807) is 6.92 Å². The molecule has 1 unspecified atom stereocenters. The standard InChI is InChI=1S/C10H14F3N5O2/c1-3-20-8(19)5(2)15-7-4-6(10(11,12)13)16-9(17-7)18-14/h4-5H,3,14H2,1-2H3,(H2,15,16,17,18). The average molecular weight is 293 g/mol. The van der Waals surface area contributed by atoms with E-state index in [0.717, 1.165) is 0 Å². The highest BCUT2D eigenvalue weighted by molar-refractivity contribution is 5.78. The first-order valence-corrected chi connectivity index (χ1v) is 5.64. The summed E-state index contributed by atoms with van der Waals surface area (Å²) in [5.41, 5.74) is 0.748. The van der Waals surface area contributed by atoms with Gasteiger partial charge in [-0.25, -0.2) is 15.6 Å². The quantitative estimate of drug-likeness (QED) is 0.425. The van der Waals surface area contributed by atoms with Crippen LogP contribution >= 0.6 is 0 Å². The zero-order valence-corrected chi connectivity index (χ0v) is 10.8. The molecule has 0 spiro atoms. The maximum Gasteiger partial charge on any atom is 0.433 e. The van der Waals surface area contributed by atoms with Crippen LogP contribution in [0.2, 0.25) is 0 Å². The van der Waals surface area contributed by atoms with Crippen molar-refractivity contribution in [2.45, 2.75) is 26.1 Å². The largest absolute Gasteiger partial charge is 0.464 e. The topological polar surface area (TPSA) is 102 Å². The number of rotatable bonds is 5. The van der Waals surface area contributed by atoms with Gasteiger partial charge in [-0.15, -0.1) is 0 Å². The number of nitrogens with zero attached hydrogens (tertiary/aromatic N) is 2. The minimum Gasteiger partial charge on any atom is -0.464 e. The fourth-order valence-electron chi connectivity index (χ4n) is 1.28. The number of hydrogen-bond donors (Lipinski definition) is 3. The molecule has 1 rings (SSSR count). The van der Waals surface area contributed by atoms with Gasteiger partial charge in [0, 0.05) is 6.07 Å². The number of carbonyl (C=O) groups excluding carboxylic acids is 1. The average Bonchev–Trinajstić information content (AvgIpc) is 2.37. The van der Waals surface area contributed by atoms with Crippen LogP contribution in [0.25, 0.3) is 0 Å². The lowest BCUT2D eigenvalue weighted by Gasteiger charge is -2.15. The van der Waals surface area contributed by atoms with E-state index in [4.69, 9.17) is 10.6 Å². The molecule has 0 aliphatic carbocycles. The Kier molecular flexibility index (Phi) is 5.08. The van der Waals surface area contributed by atoms with Gasteiger partial charge in [0.15, 0.2) is 5.69 Å². The minimum absolute atomic E-state index is 0.165. The predicted octanol–water partition coefficient (Wildman–Crippen LogP) is 1.14. The first-order chi connectivity index (χ1) is 9.27. The second-order valence-corrected chi connectivity index (χ2v) is 3.72. The summed E-state index contributed by atoms with van der Waals surface area (Å²) < 4.78 is 42.6. The van der Waals surface area contributed by atoms with E-state index < -0.39 is 29.8 Å². The summed E-state index contributed by atoms with van der Waals surface area (Å²) >= 11 is 0. The Labute approximate surface area is 112 Å². The Bertz CT molecular complexity index is 480. The van der Waals surface area contributed by atoms with E-state index in [0.29, 0.717) is 6.07 Å². The molecule has 0 aliphatic heterocycles. The summed E-state index contributed by atoms with van der Waals surface area (Å²) in [6.45, 7) is 3.22. The molecule has 0 amide bonds. The molecule has 0 saturated heterocycles. The lowest BCUT2D eigenvalue weighted by atomic mass is 10.3. The number of nitrogens with one attached hydrogen (secondary N) is 2. The highest BCUT2D eigenvalue weighted by Crippen LogP contribution is 2.29. The third kappa shape index (κ3) is 4.23. The molecule has 1 heterocycles. The third-order valence-corrected chi connectivity index (χ3v) is 2.15. The molecule has 10 heteroatoms. The number of aromatic nitrogens is 2.